The van der Waals surface area contributed by atoms with Crippen molar-refractivity contribution in [2.75, 3.05) is 13.1 Å². The average molecular weight is 443 g/mol. The van der Waals surface area contributed by atoms with E-state index < -0.39 is 0 Å². The Morgan fingerprint density at radius 3 is 2.36 bits per heavy atom. The second-order valence-electron chi connectivity index (χ2n) is 8.45. The summed E-state index contributed by atoms with van der Waals surface area (Å²) in [4.78, 5) is 16.5. The molecular formula is C27H30N4O2. The minimum absolute atomic E-state index is 0.146. The van der Waals surface area contributed by atoms with Crippen molar-refractivity contribution < 1.29 is 9.90 Å². The summed E-state index contributed by atoms with van der Waals surface area (Å²) in [5.74, 6) is -0.0357. The van der Waals surface area contributed by atoms with Gasteiger partial charge in [-0.3, -0.25) is 4.79 Å². The summed E-state index contributed by atoms with van der Waals surface area (Å²) < 4.78 is 0. The number of aromatic amines is 1. The van der Waals surface area contributed by atoms with E-state index in [-0.39, 0.29) is 17.7 Å². The van der Waals surface area contributed by atoms with Crippen LogP contribution >= 0.6 is 0 Å². The summed E-state index contributed by atoms with van der Waals surface area (Å²) in [7, 11) is 0. The number of fused-ring (bicyclic) bond motifs is 1. The number of carbonyl (C=O) groups is 1. The van der Waals surface area contributed by atoms with E-state index in [1.54, 1.807) is 12.1 Å². The molecule has 4 rings (SSSR count). The zero-order valence-corrected chi connectivity index (χ0v) is 18.8. The Hall–Kier alpha value is -3.61. The predicted molar refractivity (Wildman–Crippen MR) is 134 cm³/mol. The molecule has 4 aromatic rings. The van der Waals surface area contributed by atoms with Gasteiger partial charge in [0.25, 0.3) is 5.91 Å². The highest BCUT2D eigenvalue weighted by molar-refractivity contribution is 6.10. The van der Waals surface area contributed by atoms with E-state index in [1.807, 2.05) is 18.2 Å². The highest BCUT2D eigenvalue weighted by Crippen LogP contribution is 2.35. The number of carbonyl (C=O) groups excluding carboxylic acids is 1. The van der Waals surface area contributed by atoms with Crippen molar-refractivity contribution in [2.45, 2.75) is 25.8 Å². The molecule has 0 fully saturated rings. The Balaban J connectivity index is 1.73. The van der Waals surface area contributed by atoms with Crippen molar-refractivity contribution in [1.29, 1.82) is 0 Å². The van der Waals surface area contributed by atoms with E-state index in [2.05, 4.69) is 53.6 Å². The van der Waals surface area contributed by atoms with Crippen LogP contribution in [0.25, 0.3) is 33.2 Å². The number of aromatic nitrogens is 1. The molecule has 6 nitrogen and oxygen atoms in total. The molecule has 1 aromatic heterocycles. The summed E-state index contributed by atoms with van der Waals surface area (Å²) in [6.45, 7) is 3.02. The van der Waals surface area contributed by atoms with E-state index in [4.69, 9.17) is 11.5 Å². The van der Waals surface area contributed by atoms with Gasteiger partial charge in [-0.1, -0.05) is 54.1 Å². The van der Waals surface area contributed by atoms with Gasteiger partial charge in [0.2, 0.25) is 0 Å². The topological polar surface area (TPSA) is 117 Å². The third-order valence-electron chi connectivity index (χ3n) is 5.87. The smallest absolute Gasteiger partial charge is 0.268 e. The van der Waals surface area contributed by atoms with Crippen LogP contribution in [0.3, 0.4) is 0 Å². The summed E-state index contributed by atoms with van der Waals surface area (Å²) in [5, 5.41) is 13.6. The zero-order chi connectivity index (χ0) is 23.4. The SMILES string of the molecule is Cc1ccc(-c2ccc3c(-c4ccc(O)cc4)c(C(=O)NC[C@@H](N)CCCN)[nH]c3c2)cc1. The number of H-pyrrole nitrogens is 1. The number of rotatable bonds is 8. The third-order valence-corrected chi connectivity index (χ3v) is 5.87. The van der Waals surface area contributed by atoms with Gasteiger partial charge in [-0.15, -0.1) is 0 Å². The van der Waals surface area contributed by atoms with Crippen LogP contribution in [0.2, 0.25) is 0 Å². The van der Waals surface area contributed by atoms with Crippen LogP contribution in [-0.2, 0) is 0 Å². The standard InChI is InChI=1S/C27H30N4O2/c1-17-4-6-18(7-5-17)20-10-13-23-24(15-20)31-26(25(23)19-8-11-22(32)12-9-19)27(33)30-16-21(29)3-2-14-28/h4-13,15,21,31-32H,2-3,14,16,28-29H2,1H3,(H,30,33)/t21-/m0/s1. The lowest BCUT2D eigenvalue weighted by Gasteiger charge is -2.12. The van der Waals surface area contributed by atoms with E-state index >= 15 is 0 Å². The van der Waals surface area contributed by atoms with Crippen molar-refractivity contribution in [3.05, 3.63) is 78.0 Å². The molecule has 1 amide bonds. The summed E-state index contributed by atoms with van der Waals surface area (Å²) in [6.07, 6.45) is 1.58. The van der Waals surface area contributed by atoms with Gasteiger partial charge in [0, 0.05) is 29.1 Å². The Bertz CT molecular complexity index is 1240. The molecule has 0 unspecified atom stereocenters. The molecule has 7 N–H and O–H groups in total. The number of hydrogen-bond acceptors (Lipinski definition) is 4. The molecule has 1 atom stereocenters. The number of phenols is 1. The van der Waals surface area contributed by atoms with Gasteiger partial charge < -0.3 is 26.9 Å². The van der Waals surface area contributed by atoms with Crippen molar-refractivity contribution >= 4 is 16.8 Å². The molecule has 1 heterocycles. The van der Waals surface area contributed by atoms with E-state index in [1.165, 1.54) is 5.56 Å². The number of aryl methyl sites for hydroxylation is 1. The molecule has 33 heavy (non-hydrogen) atoms. The molecule has 0 aliphatic carbocycles. The molecule has 0 saturated carbocycles. The van der Waals surface area contributed by atoms with Gasteiger partial charge >= 0.3 is 0 Å². The number of benzene rings is 3. The number of amides is 1. The lowest BCUT2D eigenvalue weighted by molar-refractivity contribution is 0.0947. The fourth-order valence-corrected chi connectivity index (χ4v) is 4.02. The van der Waals surface area contributed by atoms with Crippen molar-refractivity contribution in [3.63, 3.8) is 0 Å². The Morgan fingerprint density at radius 1 is 1.00 bits per heavy atom. The maximum atomic E-state index is 13.2. The molecule has 0 aliphatic heterocycles. The number of aromatic hydroxyl groups is 1. The van der Waals surface area contributed by atoms with Crippen molar-refractivity contribution in [2.24, 2.45) is 11.5 Å². The van der Waals surface area contributed by atoms with Crippen LogP contribution in [-0.4, -0.2) is 35.1 Å². The van der Waals surface area contributed by atoms with E-state index in [9.17, 15) is 9.90 Å². The van der Waals surface area contributed by atoms with Crippen LogP contribution in [0.15, 0.2) is 66.7 Å². The van der Waals surface area contributed by atoms with E-state index in [0.717, 1.165) is 46.0 Å². The van der Waals surface area contributed by atoms with Crippen LogP contribution in [0, 0.1) is 6.92 Å². The summed E-state index contributed by atoms with van der Waals surface area (Å²) in [5.41, 5.74) is 18.0. The minimum atomic E-state index is -0.214. The minimum Gasteiger partial charge on any atom is -0.508 e. The number of phenolic OH excluding ortho intramolecular Hbond substituents is 1. The molecule has 0 aliphatic rings. The summed E-state index contributed by atoms with van der Waals surface area (Å²) >= 11 is 0. The lowest BCUT2D eigenvalue weighted by Crippen LogP contribution is -2.37. The van der Waals surface area contributed by atoms with E-state index in [0.29, 0.717) is 18.8 Å². The maximum Gasteiger partial charge on any atom is 0.268 e. The second-order valence-corrected chi connectivity index (χ2v) is 8.45. The first-order chi connectivity index (χ1) is 16.0. The maximum absolute atomic E-state index is 13.2. The highest BCUT2D eigenvalue weighted by atomic mass is 16.3. The normalized spacial score (nSPS) is 12.1. The van der Waals surface area contributed by atoms with Gasteiger partial charge in [-0.25, -0.2) is 0 Å². The number of nitrogens with two attached hydrogens (primary N) is 2. The average Bonchev–Trinajstić information content (AvgIpc) is 3.21. The fourth-order valence-electron chi connectivity index (χ4n) is 4.02. The molecule has 0 spiro atoms. The molecule has 170 valence electrons. The van der Waals surface area contributed by atoms with Crippen LogP contribution < -0.4 is 16.8 Å². The fraction of sp³-hybridized carbons (Fsp3) is 0.222. The molecular weight excluding hydrogens is 412 g/mol. The van der Waals surface area contributed by atoms with Crippen LogP contribution in [0.5, 0.6) is 5.75 Å². The Labute approximate surface area is 193 Å². The summed E-state index contributed by atoms with van der Waals surface area (Å²) in [6, 6.07) is 21.3. The Kier molecular flexibility index (Phi) is 6.77. The molecule has 0 saturated heterocycles. The highest BCUT2D eigenvalue weighted by Gasteiger charge is 2.20. The largest absolute Gasteiger partial charge is 0.508 e. The van der Waals surface area contributed by atoms with Crippen LogP contribution in [0.1, 0.15) is 28.9 Å². The van der Waals surface area contributed by atoms with Gasteiger partial charge in [0.15, 0.2) is 0 Å². The molecule has 0 radical (unpaired) electrons. The number of nitrogens with one attached hydrogen (secondary N) is 2. The monoisotopic (exact) mass is 442 g/mol. The number of hydrogen-bond donors (Lipinski definition) is 5. The molecule has 6 heteroatoms. The molecule has 0 bridgehead atoms. The van der Waals surface area contributed by atoms with Crippen molar-refractivity contribution in [3.8, 4) is 28.0 Å². The van der Waals surface area contributed by atoms with Gasteiger partial charge in [0.05, 0.1) is 0 Å². The zero-order valence-electron chi connectivity index (χ0n) is 18.8. The first-order valence-corrected chi connectivity index (χ1v) is 11.2. The quantitative estimate of drug-likeness (QED) is 0.279. The van der Waals surface area contributed by atoms with Crippen molar-refractivity contribution in [1.82, 2.24) is 10.3 Å². The first-order valence-electron chi connectivity index (χ1n) is 11.2. The third kappa shape index (κ3) is 5.08. The second kappa shape index (κ2) is 9.90. The van der Waals surface area contributed by atoms with Crippen LogP contribution in [0.4, 0.5) is 0 Å². The first kappa shape index (κ1) is 22.6. The Morgan fingerprint density at radius 2 is 1.67 bits per heavy atom. The lowest BCUT2D eigenvalue weighted by atomic mass is 9.98. The molecule has 3 aromatic carbocycles. The predicted octanol–water partition coefficient (Wildman–Crippen LogP) is 4.31. The van der Waals surface area contributed by atoms with Gasteiger partial charge in [0.1, 0.15) is 11.4 Å². The van der Waals surface area contributed by atoms with Gasteiger partial charge in [-0.2, -0.15) is 0 Å². The van der Waals surface area contributed by atoms with Gasteiger partial charge in [-0.05, 0) is 61.2 Å².